The first kappa shape index (κ1) is 14.2. The van der Waals surface area contributed by atoms with Crippen molar-refractivity contribution < 1.29 is 8.42 Å². The zero-order chi connectivity index (χ0) is 14.9. The molecule has 21 heavy (non-hydrogen) atoms. The molecule has 1 aromatic carbocycles. The van der Waals surface area contributed by atoms with Crippen molar-refractivity contribution in [3.63, 3.8) is 0 Å². The van der Waals surface area contributed by atoms with Crippen molar-refractivity contribution >= 4 is 10.0 Å². The van der Waals surface area contributed by atoms with Gasteiger partial charge in [-0.1, -0.05) is 12.5 Å². The van der Waals surface area contributed by atoms with Crippen LogP contribution in [0.25, 0.3) is 5.69 Å². The molecule has 0 spiro atoms. The second kappa shape index (κ2) is 5.53. The monoisotopic (exact) mass is 307 g/mol. The smallest absolute Gasteiger partial charge is 0.207 e. The van der Waals surface area contributed by atoms with Crippen LogP contribution in [0.2, 0.25) is 0 Å². The number of benzene rings is 1. The summed E-state index contributed by atoms with van der Waals surface area (Å²) >= 11 is 0. The Morgan fingerprint density at radius 3 is 2.86 bits per heavy atom. The molecule has 1 fully saturated rings. The number of rotatable bonds is 3. The minimum atomic E-state index is -3.47. The van der Waals surface area contributed by atoms with Gasteiger partial charge in [0.05, 0.1) is 10.6 Å². The van der Waals surface area contributed by atoms with E-state index in [0.717, 1.165) is 19.3 Å². The van der Waals surface area contributed by atoms with E-state index in [2.05, 4.69) is 15.5 Å². The minimum Gasteiger partial charge on any atom is -0.207 e. The summed E-state index contributed by atoms with van der Waals surface area (Å²) in [5.41, 5.74) is 0.630. The molecule has 1 aromatic heterocycles. The van der Waals surface area contributed by atoms with Crippen LogP contribution in [0.1, 0.15) is 26.2 Å². The molecule has 7 nitrogen and oxygen atoms in total. The molecule has 1 aliphatic rings. The Hall–Kier alpha value is -1.80. The fourth-order valence-corrected chi connectivity index (χ4v) is 4.37. The van der Waals surface area contributed by atoms with Gasteiger partial charge >= 0.3 is 0 Å². The molecule has 0 saturated carbocycles. The van der Waals surface area contributed by atoms with Gasteiger partial charge < -0.3 is 0 Å². The molecule has 112 valence electrons. The molecule has 1 saturated heterocycles. The van der Waals surface area contributed by atoms with Gasteiger partial charge in [0, 0.05) is 12.6 Å². The standard InChI is InChI=1S/C13H17N5O2S/c1-11-5-2-3-8-18(11)21(19,20)13-7-4-6-12(9-13)17-10-14-15-16-17/h4,6-7,9-11H,2-3,5,8H2,1H3. The van der Waals surface area contributed by atoms with Gasteiger partial charge in [0.2, 0.25) is 10.0 Å². The van der Waals surface area contributed by atoms with Crippen molar-refractivity contribution in [2.24, 2.45) is 0 Å². The zero-order valence-electron chi connectivity index (χ0n) is 11.8. The molecular weight excluding hydrogens is 290 g/mol. The lowest BCUT2D eigenvalue weighted by Crippen LogP contribution is -2.41. The van der Waals surface area contributed by atoms with Gasteiger partial charge in [-0.2, -0.15) is 4.31 Å². The van der Waals surface area contributed by atoms with Crippen LogP contribution in [-0.4, -0.2) is 45.5 Å². The van der Waals surface area contributed by atoms with E-state index in [4.69, 9.17) is 0 Å². The van der Waals surface area contributed by atoms with E-state index in [1.165, 1.54) is 11.0 Å². The molecule has 0 N–H and O–H groups in total. The van der Waals surface area contributed by atoms with Crippen molar-refractivity contribution in [3.8, 4) is 5.69 Å². The highest BCUT2D eigenvalue weighted by atomic mass is 32.2. The van der Waals surface area contributed by atoms with Gasteiger partial charge in [-0.25, -0.2) is 13.1 Å². The predicted octanol–water partition coefficient (Wildman–Crippen LogP) is 1.23. The highest BCUT2D eigenvalue weighted by molar-refractivity contribution is 7.89. The summed E-state index contributed by atoms with van der Waals surface area (Å²) in [4.78, 5) is 0.282. The summed E-state index contributed by atoms with van der Waals surface area (Å²) in [6.45, 7) is 2.54. The van der Waals surface area contributed by atoms with Crippen LogP contribution in [0, 0.1) is 0 Å². The summed E-state index contributed by atoms with van der Waals surface area (Å²) in [5, 5.41) is 10.9. The fraction of sp³-hybridized carbons (Fsp3) is 0.462. The third kappa shape index (κ3) is 2.68. The molecule has 8 heteroatoms. The van der Waals surface area contributed by atoms with Gasteiger partial charge in [-0.3, -0.25) is 0 Å². The maximum absolute atomic E-state index is 12.8. The maximum Gasteiger partial charge on any atom is 0.243 e. The maximum atomic E-state index is 12.8. The Balaban J connectivity index is 1.97. The second-order valence-corrected chi connectivity index (χ2v) is 7.10. The van der Waals surface area contributed by atoms with E-state index in [9.17, 15) is 8.42 Å². The SMILES string of the molecule is CC1CCCCN1S(=O)(=O)c1cccc(-n2cnnn2)c1. The molecule has 2 heterocycles. The zero-order valence-corrected chi connectivity index (χ0v) is 12.6. The van der Waals surface area contributed by atoms with Crippen molar-refractivity contribution in [1.29, 1.82) is 0 Å². The number of sulfonamides is 1. The lowest BCUT2D eigenvalue weighted by atomic mass is 10.1. The average molecular weight is 307 g/mol. The number of tetrazole rings is 1. The van der Waals surface area contributed by atoms with Gasteiger partial charge in [0.1, 0.15) is 6.33 Å². The first-order chi connectivity index (χ1) is 10.1. The average Bonchev–Trinajstić information content (AvgIpc) is 3.02. The molecule has 1 unspecified atom stereocenters. The molecule has 0 aliphatic carbocycles. The number of nitrogens with zero attached hydrogens (tertiary/aromatic N) is 5. The molecule has 0 amide bonds. The van der Waals surface area contributed by atoms with Gasteiger partial charge in [-0.05, 0) is 48.4 Å². The molecule has 2 aromatic rings. The second-order valence-electron chi connectivity index (χ2n) is 5.21. The molecule has 0 bridgehead atoms. The van der Waals surface area contributed by atoms with Crippen LogP contribution >= 0.6 is 0 Å². The Morgan fingerprint density at radius 2 is 2.14 bits per heavy atom. The van der Waals surface area contributed by atoms with E-state index in [1.807, 2.05) is 6.92 Å². The summed E-state index contributed by atoms with van der Waals surface area (Å²) < 4.78 is 28.6. The number of piperidine rings is 1. The van der Waals surface area contributed by atoms with Gasteiger partial charge in [0.25, 0.3) is 0 Å². The first-order valence-electron chi connectivity index (χ1n) is 6.94. The molecule has 0 radical (unpaired) electrons. The van der Waals surface area contributed by atoms with E-state index in [-0.39, 0.29) is 10.9 Å². The Morgan fingerprint density at radius 1 is 1.29 bits per heavy atom. The van der Waals surface area contributed by atoms with Gasteiger partial charge in [0.15, 0.2) is 0 Å². The van der Waals surface area contributed by atoms with Crippen molar-refractivity contribution in [3.05, 3.63) is 30.6 Å². The highest BCUT2D eigenvalue weighted by Gasteiger charge is 2.31. The lowest BCUT2D eigenvalue weighted by molar-refractivity contribution is 0.268. The predicted molar refractivity (Wildman–Crippen MR) is 76.4 cm³/mol. The Kier molecular flexibility index (Phi) is 3.73. The number of hydrogen-bond acceptors (Lipinski definition) is 5. The largest absolute Gasteiger partial charge is 0.243 e. The first-order valence-corrected chi connectivity index (χ1v) is 8.38. The Labute approximate surface area is 123 Å². The third-order valence-corrected chi connectivity index (χ3v) is 5.79. The highest BCUT2D eigenvalue weighted by Crippen LogP contribution is 2.25. The van der Waals surface area contributed by atoms with E-state index in [0.29, 0.717) is 12.2 Å². The van der Waals surface area contributed by atoms with Crippen LogP contribution in [0.3, 0.4) is 0 Å². The molecular formula is C13H17N5O2S. The Bertz CT molecular complexity index is 714. The van der Waals surface area contributed by atoms with Crippen molar-refractivity contribution in [2.75, 3.05) is 6.54 Å². The summed E-state index contributed by atoms with van der Waals surface area (Å²) in [5.74, 6) is 0. The van der Waals surface area contributed by atoms with Crippen LogP contribution in [0.5, 0.6) is 0 Å². The number of hydrogen-bond donors (Lipinski definition) is 0. The minimum absolute atomic E-state index is 0.0421. The third-order valence-electron chi connectivity index (χ3n) is 3.78. The summed E-state index contributed by atoms with van der Waals surface area (Å²) in [7, 11) is -3.47. The quantitative estimate of drug-likeness (QED) is 0.852. The molecule has 1 aliphatic heterocycles. The summed E-state index contributed by atoms with van der Waals surface area (Å²) in [6.07, 6.45) is 4.34. The van der Waals surface area contributed by atoms with E-state index < -0.39 is 10.0 Å². The van der Waals surface area contributed by atoms with Gasteiger partial charge in [-0.15, -0.1) is 5.10 Å². The normalized spacial score (nSPS) is 20.5. The van der Waals surface area contributed by atoms with E-state index >= 15 is 0 Å². The fourth-order valence-electron chi connectivity index (χ4n) is 2.63. The van der Waals surface area contributed by atoms with Crippen LogP contribution < -0.4 is 0 Å². The number of aromatic nitrogens is 4. The van der Waals surface area contributed by atoms with Crippen LogP contribution in [0.4, 0.5) is 0 Å². The van der Waals surface area contributed by atoms with Crippen LogP contribution in [0.15, 0.2) is 35.5 Å². The molecule has 1 atom stereocenters. The topological polar surface area (TPSA) is 81.0 Å². The summed E-state index contributed by atoms with van der Waals surface area (Å²) in [6, 6.07) is 6.74. The van der Waals surface area contributed by atoms with Crippen LogP contribution in [-0.2, 0) is 10.0 Å². The van der Waals surface area contributed by atoms with E-state index in [1.54, 1.807) is 28.6 Å². The lowest BCUT2D eigenvalue weighted by Gasteiger charge is -2.32. The van der Waals surface area contributed by atoms with Crippen molar-refractivity contribution in [1.82, 2.24) is 24.5 Å². The van der Waals surface area contributed by atoms with Crippen molar-refractivity contribution in [2.45, 2.75) is 37.1 Å². The molecule has 3 rings (SSSR count).